The summed E-state index contributed by atoms with van der Waals surface area (Å²) in [6, 6.07) is 13.3. The molecule has 1 amide bonds. The van der Waals surface area contributed by atoms with Crippen molar-refractivity contribution in [2.75, 3.05) is 13.1 Å². The molecule has 0 spiro atoms. The Labute approximate surface area is 167 Å². The number of aromatic hydroxyl groups is 1. The molecule has 0 aromatic heterocycles. The Balaban J connectivity index is 1.93. The minimum Gasteiger partial charge on any atom is -0.508 e. The van der Waals surface area contributed by atoms with Gasteiger partial charge in [-0.05, 0) is 48.7 Å². The maximum atomic E-state index is 12.5. The Hall–Kier alpha value is -2.38. The number of phenols is 1. The second kappa shape index (κ2) is 9.71. The third-order valence-corrected chi connectivity index (χ3v) is 6.72. The van der Waals surface area contributed by atoms with Gasteiger partial charge in [0.1, 0.15) is 5.75 Å². The van der Waals surface area contributed by atoms with Crippen molar-refractivity contribution >= 4 is 15.9 Å². The molecule has 0 saturated carbocycles. The lowest BCUT2D eigenvalue weighted by atomic mass is 10.1. The van der Waals surface area contributed by atoms with Crippen LogP contribution in [0.25, 0.3) is 0 Å². The number of nitrogens with zero attached hydrogens (tertiary/aromatic N) is 1. The molecule has 0 radical (unpaired) electrons. The monoisotopic (exact) mass is 404 g/mol. The molecule has 0 fully saturated rings. The summed E-state index contributed by atoms with van der Waals surface area (Å²) in [5.74, 6) is 0.0639. The minimum atomic E-state index is -3.47. The van der Waals surface area contributed by atoms with Gasteiger partial charge in [0.2, 0.25) is 15.9 Å². The molecule has 0 saturated heterocycles. The number of carbonyl (C=O) groups is 1. The van der Waals surface area contributed by atoms with E-state index in [4.69, 9.17) is 0 Å². The molecule has 0 heterocycles. The molecule has 2 aromatic rings. The molecule has 0 aliphatic heterocycles. The molecule has 2 N–H and O–H groups in total. The highest BCUT2D eigenvalue weighted by molar-refractivity contribution is 7.89. The van der Waals surface area contributed by atoms with Gasteiger partial charge >= 0.3 is 0 Å². The van der Waals surface area contributed by atoms with Crippen molar-refractivity contribution in [2.24, 2.45) is 0 Å². The third-order valence-electron chi connectivity index (χ3n) is 4.65. The van der Waals surface area contributed by atoms with Crippen LogP contribution in [0, 0.1) is 0 Å². The SMILES string of the molecule is CCN(CC)S(=O)(=O)c1ccc(CCC(=O)NC(C)c2cccc(O)c2)cc1. The number of carbonyl (C=O) groups excluding carboxylic acids is 1. The molecule has 2 aromatic carbocycles. The van der Waals surface area contributed by atoms with Crippen LogP contribution < -0.4 is 5.32 Å². The van der Waals surface area contributed by atoms with Crippen molar-refractivity contribution in [3.05, 3.63) is 59.7 Å². The van der Waals surface area contributed by atoms with Gasteiger partial charge in [0.15, 0.2) is 0 Å². The summed E-state index contributed by atoms with van der Waals surface area (Å²) in [5, 5.41) is 12.4. The number of aryl methyl sites for hydroxylation is 1. The molecule has 0 bridgehead atoms. The smallest absolute Gasteiger partial charge is 0.243 e. The summed E-state index contributed by atoms with van der Waals surface area (Å²) in [6.07, 6.45) is 0.815. The van der Waals surface area contributed by atoms with Crippen LogP contribution >= 0.6 is 0 Å². The lowest BCUT2D eigenvalue weighted by molar-refractivity contribution is -0.121. The topological polar surface area (TPSA) is 86.7 Å². The van der Waals surface area contributed by atoms with E-state index in [1.165, 1.54) is 4.31 Å². The number of rotatable bonds is 9. The quantitative estimate of drug-likeness (QED) is 0.672. The minimum absolute atomic E-state index is 0.101. The average Bonchev–Trinajstić information content (AvgIpc) is 2.67. The van der Waals surface area contributed by atoms with Crippen LogP contribution in [0.15, 0.2) is 53.4 Å². The summed E-state index contributed by atoms with van der Waals surface area (Å²) < 4.78 is 26.4. The van der Waals surface area contributed by atoms with E-state index < -0.39 is 10.0 Å². The van der Waals surface area contributed by atoms with E-state index >= 15 is 0 Å². The lowest BCUT2D eigenvalue weighted by Crippen LogP contribution is -2.30. The first-order valence-corrected chi connectivity index (χ1v) is 10.9. The van der Waals surface area contributed by atoms with Crippen molar-refractivity contribution < 1.29 is 18.3 Å². The largest absolute Gasteiger partial charge is 0.508 e. The summed E-state index contributed by atoms with van der Waals surface area (Å²) in [7, 11) is -3.47. The van der Waals surface area contributed by atoms with Gasteiger partial charge in [-0.3, -0.25) is 4.79 Å². The van der Waals surface area contributed by atoms with Crippen LogP contribution in [0.1, 0.15) is 44.4 Å². The number of hydrogen-bond acceptors (Lipinski definition) is 4. The van der Waals surface area contributed by atoms with Gasteiger partial charge in [0.05, 0.1) is 10.9 Å². The van der Waals surface area contributed by atoms with Crippen molar-refractivity contribution in [1.29, 1.82) is 0 Å². The molecular weight excluding hydrogens is 376 g/mol. The molecular formula is C21H28N2O4S. The number of amides is 1. The van der Waals surface area contributed by atoms with Gasteiger partial charge in [0.25, 0.3) is 0 Å². The van der Waals surface area contributed by atoms with E-state index in [2.05, 4.69) is 5.32 Å². The van der Waals surface area contributed by atoms with Crippen LogP contribution in [0.2, 0.25) is 0 Å². The van der Waals surface area contributed by atoms with Gasteiger partial charge < -0.3 is 10.4 Å². The second-order valence-corrected chi connectivity index (χ2v) is 8.56. The Kier molecular flexibility index (Phi) is 7.60. The Morgan fingerprint density at radius 2 is 1.75 bits per heavy atom. The zero-order chi connectivity index (χ0) is 20.7. The highest BCUT2D eigenvalue weighted by atomic mass is 32.2. The van der Waals surface area contributed by atoms with E-state index in [1.807, 2.05) is 26.8 Å². The normalized spacial score (nSPS) is 12.7. The summed E-state index contributed by atoms with van der Waals surface area (Å²) in [5.41, 5.74) is 1.73. The van der Waals surface area contributed by atoms with Crippen LogP contribution in [0.3, 0.4) is 0 Å². The van der Waals surface area contributed by atoms with E-state index in [-0.39, 0.29) is 22.6 Å². The Bertz CT molecular complexity index is 891. The van der Waals surface area contributed by atoms with Crippen LogP contribution in [0.4, 0.5) is 0 Å². The van der Waals surface area contributed by atoms with Gasteiger partial charge in [-0.2, -0.15) is 4.31 Å². The zero-order valence-electron chi connectivity index (χ0n) is 16.6. The van der Waals surface area contributed by atoms with Crippen LogP contribution in [0.5, 0.6) is 5.75 Å². The summed E-state index contributed by atoms with van der Waals surface area (Å²) >= 11 is 0. The second-order valence-electron chi connectivity index (χ2n) is 6.62. The van der Waals surface area contributed by atoms with Gasteiger partial charge in [-0.15, -0.1) is 0 Å². The number of benzene rings is 2. The molecule has 0 aliphatic carbocycles. The van der Waals surface area contributed by atoms with E-state index in [0.717, 1.165) is 11.1 Å². The lowest BCUT2D eigenvalue weighted by Gasteiger charge is -2.18. The van der Waals surface area contributed by atoms with Crippen molar-refractivity contribution in [3.8, 4) is 5.75 Å². The Morgan fingerprint density at radius 3 is 2.32 bits per heavy atom. The van der Waals surface area contributed by atoms with Gasteiger partial charge in [-0.25, -0.2) is 8.42 Å². The first kappa shape index (κ1) is 21.9. The molecule has 28 heavy (non-hydrogen) atoms. The first-order chi connectivity index (χ1) is 13.3. The van der Waals surface area contributed by atoms with Gasteiger partial charge in [-0.1, -0.05) is 38.1 Å². The average molecular weight is 405 g/mol. The van der Waals surface area contributed by atoms with Crippen LogP contribution in [-0.4, -0.2) is 36.8 Å². The van der Waals surface area contributed by atoms with Crippen LogP contribution in [-0.2, 0) is 21.2 Å². The fourth-order valence-corrected chi connectivity index (χ4v) is 4.45. The summed E-state index contributed by atoms with van der Waals surface area (Å²) in [4.78, 5) is 12.5. The zero-order valence-corrected chi connectivity index (χ0v) is 17.4. The standard InChI is InChI=1S/C21H28N2O4S/c1-4-23(5-2)28(26,27)20-12-9-17(10-13-20)11-14-21(25)22-16(3)18-7-6-8-19(24)15-18/h6-10,12-13,15-16,24H,4-5,11,14H2,1-3H3,(H,22,25). The molecule has 2 rings (SSSR count). The number of phenolic OH excluding ortho intramolecular Hbond substituents is 1. The number of hydrogen-bond donors (Lipinski definition) is 2. The molecule has 152 valence electrons. The molecule has 6 nitrogen and oxygen atoms in total. The number of nitrogens with one attached hydrogen (secondary N) is 1. The third kappa shape index (κ3) is 5.56. The highest BCUT2D eigenvalue weighted by Crippen LogP contribution is 2.19. The maximum Gasteiger partial charge on any atom is 0.243 e. The fraction of sp³-hybridized carbons (Fsp3) is 0.381. The predicted octanol–water partition coefficient (Wildman–Crippen LogP) is 3.23. The number of sulfonamides is 1. The Morgan fingerprint density at radius 1 is 1.11 bits per heavy atom. The first-order valence-electron chi connectivity index (χ1n) is 9.45. The molecule has 1 atom stereocenters. The summed E-state index contributed by atoms with van der Waals surface area (Å²) in [6.45, 7) is 6.34. The van der Waals surface area contributed by atoms with E-state index in [1.54, 1.807) is 42.5 Å². The van der Waals surface area contributed by atoms with Crippen molar-refractivity contribution in [2.45, 2.75) is 44.6 Å². The molecule has 7 heteroatoms. The molecule has 0 aliphatic rings. The van der Waals surface area contributed by atoms with Crippen molar-refractivity contribution in [3.63, 3.8) is 0 Å². The predicted molar refractivity (Wildman–Crippen MR) is 110 cm³/mol. The highest BCUT2D eigenvalue weighted by Gasteiger charge is 2.21. The van der Waals surface area contributed by atoms with E-state index in [9.17, 15) is 18.3 Å². The van der Waals surface area contributed by atoms with Crippen molar-refractivity contribution in [1.82, 2.24) is 9.62 Å². The maximum absolute atomic E-state index is 12.5. The fourth-order valence-electron chi connectivity index (χ4n) is 2.99. The van der Waals surface area contributed by atoms with E-state index in [0.29, 0.717) is 25.9 Å². The molecule has 1 unspecified atom stereocenters. The van der Waals surface area contributed by atoms with Gasteiger partial charge in [0, 0.05) is 19.5 Å².